The number of hydrogen-bond acceptors (Lipinski definition) is 5. The second-order valence-corrected chi connectivity index (χ2v) is 7.20. The molecule has 1 aliphatic heterocycles. The summed E-state index contributed by atoms with van der Waals surface area (Å²) in [7, 11) is 1.60. The molecule has 1 aliphatic rings. The van der Waals surface area contributed by atoms with Gasteiger partial charge in [-0.05, 0) is 25.1 Å². The lowest BCUT2D eigenvalue weighted by Gasteiger charge is -2.35. The van der Waals surface area contributed by atoms with Gasteiger partial charge in [0.25, 0.3) is 0 Å². The fourth-order valence-electron chi connectivity index (χ4n) is 3.47. The van der Waals surface area contributed by atoms with Gasteiger partial charge in [0.2, 0.25) is 5.91 Å². The molecule has 2 heterocycles. The molecule has 3 rings (SSSR count). The molecule has 2 aromatic rings. The highest BCUT2D eigenvalue weighted by Crippen LogP contribution is 2.29. The molecule has 0 saturated carbocycles. The van der Waals surface area contributed by atoms with Crippen LogP contribution in [0.2, 0.25) is 0 Å². The van der Waals surface area contributed by atoms with E-state index in [0.29, 0.717) is 32.0 Å². The van der Waals surface area contributed by atoms with E-state index in [9.17, 15) is 18.0 Å². The second-order valence-electron chi connectivity index (χ2n) is 7.20. The number of pyridine rings is 1. The number of anilines is 1. The van der Waals surface area contributed by atoms with Crippen LogP contribution in [0.3, 0.4) is 0 Å². The third kappa shape index (κ3) is 5.41. The van der Waals surface area contributed by atoms with Crippen LogP contribution in [0.25, 0.3) is 0 Å². The van der Waals surface area contributed by atoms with Crippen LogP contribution >= 0.6 is 0 Å². The van der Waals surface area contributed by atoms with Gasteiger partial charge < -0.3 is 15.0 Å². The van der Waals surface area contributed by atoms with Crippen molar-refractivity contribution in [1.29, 1.82) is 0 Å². The number of hydrogen-bond donors (Lipinski definition) is 1. The molecule has 9 heteroatoms. The topological polar surface area (TPSA) is 57.7 Å². The monoisotopic (exact) mass is 422 g/mol. The predicted octanol–water partition coefficient (Wildman–Crippen LogP) is 3.11. The quantitative estimate of drug-likeness (QED) is 0.775. The Morgan fingerprint density at radius 3 is 2.47 bits per heavy atom. The highest BCUT2D eigenvalue weighted by Gasteiger charge is 2.31. The number of amides is 1. The molecule has 1 saturated heterocycles. The van der Waals surface area contributed by atoms with E-state index in [1.807, 2.05) is 41.0 Å². The summed E-state index contributed by atoms with van der Waals surface area (Å²) >= 11 is 0. The van der Waals surface area contributed by atoms with Gasteiger partial charge in [-0.1, -0.05) is 18.2 Å². The van der Waals surface area contributed by atoms with Gasteiger partial charge in [0.1, 0.15) is 11.6 Å². The van der Waals surface area contributed by atoms with E-state index in [-0.39, 0.29) is 18.5 Å². The van der Waals surface area contributed by atoms with Crippen molar-refractivity contribution in [2.24, 2.45) is 0 Å². The highest BCUT2D eigenvalue weighted by molar-refractivity contribution is 5.78. The maximum atomic E-state index is 12.7. The summed E-state index contributed by atoms with van der Waals surface area (Å²) in [5.41, 5.74) is 0.150. The molecule has 1 amide bonds. The molecule has 0 spiro atoms. The van der Waals surface area contributed by atoms with Crippen LogP contribution in [-0.2, 0) is 11.0 Å². The normalized spacial score (nSPS) is 16.2. The van der Waals surface area contributed by atoms with E-state index >= 15 is 0 Å². The van der Waals surface area contributed by atoms with Gasteiger partial charge in [-0.3, -0.25) is 9.69 Å². The Balaban J connectivity index is 1.49. The van der Waals surface area contributed by atoms with Crippen LogP contribution in [0.4, 0.5) is 19.0 Å². The van der Waals surface area contributed by atoms with Crippen molar-refractivity contribution in [2.75, 3.05) is 44.7 Å². The number of alkyl halides is 3. The van der Waals surface area contributed by atoms with Crippen LogP contribution in [0.15, 0.2) is 42.6 Å². The van der Waals surface area contributed by atoms with Crippen LogP contribution in [0.1, 0.15) is 24.1 Å². The zero-order valence-corrected chi connectivity index (χ0v) is 16.9. The van der Waals surface area contributed by atoms with Crippen molar-refractivity contribution in [1.82, 2.24) is 15.2 Å². The Kier molecular flexibility index (Phi) is 6.81. The summed E-state index contributed by atoms with van der Waals surface area (Å²) in [5, 5.41) is 2.99. The van der Waals surface area contributed by atoms with Gasteiger partial charge in [0, 0.05) is 37.9 Å². The minimum atomic E-state index is -4.39. The summed E-state index contributed by atoms with van der Waals surface area (Å²) in [6.07, 6.45) is -3.53. The predicted molar refractivity (Wildman–Crippen MR) is 107 cm³/mol. The summed E-state index contributed by atoms with van der Waals surface area (Å²) in [4.78, 5) is 20.3. The largest absolute Gasteiger partial charge is 0.496 e. The summed E-state index contributed by atoms with van der Waals surface area (Å²) in [5.74, 6) is 1.15. The maximum absolute atomic E-state index is 12.7. The molecule has 1 fully saturated rings. The molecule has 1 atom stereocenters. The van der Waals surface area contributed by atoms with E-state index < -0.39 is 11.7 Å². The molecule has 1 aromatic heterocycles. The van der Waals surface area contributed by atoms with Crippen molar-refractivity contribution in [3.63, 3.8) is 0 Å². The molecule has 0 radical (unpaired) electrons. The number of rotatable bonds is 6. The Morgan fingerprint density at radius 2 is 1.87 bits per heavy atom. The molecule has 1 N–H and O–H groups in total. The van der Waals surface area contributed by atoms with Gasteiger partial charge in [-0.2, -0.15) is 13.2 Å². The minimum absolute atomic E-state index is 0.0884. The molecule has 0 bridgehead atoms. The van der Waals surface area contributed by atoms with Crippen molar-refractivity contribution in [3.8, 4) is 5.75 Å². The molecule has 1 aromatic carbocycles. The average molecular weight is 422 g/mol. The lowest BCUT2D eigenvalue weighted by molar-refractivity contribution is -0.137. The molecule has 30 heavy (non-hydrogen) atoms. The number of nitrogens with zero attached hydrogens (tertiary/aromatic N) is 3. The van der Waals surface area contributed by atoms with Crippen LogP contribution in [-0.4, -0.2) is 55.6 Å². The number of para-hydroxylation sites is 1. The Labute approximate surface area is 173 Å². The SMILES string of the molecule is COc1ccccc1C(C)NC(=O)CN1CCN(c2ccc(C(F)(F)F)cn2)CC1. The fourth-order valence-corrected chi connectivity index (χ4v) is 3.47. The van der Waals surface area contributed by atoms with Crippen LogP contribution in [0, 0.1) is 0 Å². The fraction of sp³-hybridized carbons (Fsp3) is 0.429. The first-order valence-electron chi connectivity index (χ1n) is 9.70. The highest BCUT2D eigenvalue weighted by atomic mass is 19.4. The smallest absolute Gasteiger partial charge is 0.417 e. The Bertz CT molecular complexity index is 850. The number of methoxy groups -OCH3 is 1. The van der Waals surface area contributed by atoms with E-state index in [1.165, 1.54) is 6.07 Å². The summed E-state index contributed by atoms with van der Waals surface area (Å²) < 4.78 is 43.4. The van der Waals surface area contributed by atoms with Gasteiger partial charge in [-0.15, -0.1) is 0 Å². The Hall–Kier alpha value is -2.81. The van der Waals surface area contributed by atoms with Crippen molar-refractivity contribution in [2.45, 2.75) is 19.1 Å². The number of nitrogens with one attached hydrogen (secondary N) is 1. The Morgan fingerprint density at radius 1 is 1.17 bits per heavy atom. The first-order valence-corrected chi connectivity index (χ1v) is 9.70. The number of aromatic nitrogens is 1. The molecule has 1 unspecified atom stereocenters. The van der Waals surface area contributed by atoms with Crippen molar-refractivity contribution >= 4 is 11.7 Å². The minimum Gasteiger partial charge on any atom is -0.496 e. The molecule has 162 valence electrons. The second kappa shape index (κ2) is 9.34. The molecular weight excluding hydrogens is 397 g/mol. The van der Waals surface area contributed by atoms with E-state index in [2.05, 4.69) is 10.3 Å². The van der Waals surface area contributed by atoms with Crippen molar-refractivity contribution < 1.29 is 22.7 Å². The third-order valence-corrected chi connectivity index (χ3v) is 5.12. The maximum Gasteiger partial charge on any atom is 0.417 e. The zero-order valence-electron chi connectivity index (χ0n) is 16.9. The first-order chi connectivity index (χ1) is 14.3. The van der Waals surface area contributed by atoms with Gasteiger partial charge in [0.15, 0.2) is 0 Å². The number of carbonyl (C=O) groups is 1. The number of benzene rings is 1. The van der Waals surface area contributed by atoms with Crippen molar-refractivity contribution in [3.05, 3.63) is 53.7 Å². The number of carbonyl (C=O) groups excluding carboxylic acids is 1. The number of ether oxygens (including phenoxy) is 1. The van der Waals surface area contributed by atoms with Crippen LogP contribution < -0.4 is 15.0 Å². The van der Waals surface area contributed by atoms with E-state index in [0.717, 1.165) is 23.6 Å². The molecular formula is C21H25F3N4O2. The standard InChI is InChI=1S/C21H25F3N4O2/c1-15(17-5-3-4-6-18(17)30-2)26-20(29)14-27-9-11-28(12-10-27)19-8-7-16(13-25-19)21(22,23)24/h3-8,13,15H,9-12,14H2,1-2H3,(H,26,29). The van der Waals surface area contributed by atoms with E-state index in [4.69, 9.17) is 4.74 Å². The molecule has 6 nitrogen and oxygen atoms in total. The van der Waals surface area contributed by atoms with Gasteiger partial charge in [-0.25, -0.2) is 4.98 Å². The first kappa shape index (κ1) is 21.9. The number of halogens is 3. The van der Waals surface area contributed by atoms with Crippen LogP contribution in [0.5, 0.6) is 5.75 Å². The summed E-state index contributed by atoms with van der Waals surface area (Å²) in [6.45, 7) is 4.59. The zero-order chi connectivity index (χ0) is 21.7. The average Bonchev–Trinajstić information content (AvgIpc) is 2.73. The molecule has 0 aliphatic carbocycles. The van der Waals surface area contributed by atoms with Gasteiger partial charge >= 0.3 is 6.18 Å². The lowest BCUT2D eigenvalue weighted by atomic mass is 10.1. The van der Waals surface area contributed by atoms with E-state index in [1.54, 1.807) is 7.11 Å². The summed E-state index contributed by atoms with van der Waals surface area (Å²) in [6, 6.07) is 9.79. The third-order valence-electron chi connectivity index (χ3n) is 5.12. The van der Waals surface area contributed by atoms with Gasteiger partial charge in [0.05, 0.1) is 25.3 Å². The lowest BCUT2D eigenvalue weighted by Crippen LogP contribution is -2.50. The number of piperazine rings is 1.